The highest BCUT2D eigenvalue weighted by molar-refractivity contribution is 7.92. The van der Waals surface area contributed by atoms with E-state index in [9.17, 15) is 18.0 Å². The molecule has 0 aliphatic carbocycles. The van der Waals surface area contributed by atoms with E-state index in [0.29, 0.717) is 27.8 Å². The number of aryl methyl sites for hydroxylation is 1. The monoisotopic (exact) mass is 603 g/mol. The molecular weight excluding hydrogens is 569 g/mol. The molecule has 0 saturated carbocycles. The van der Waals surface area contributed by atoms with Crippen LogP contribution in [0.15, 0.2) is 72.8 Å². The van der Waals surface area contributed by atoms with E-state index in [-0.39, 0.29) is 18.9 Å². The number of benzene rings is 3. The van der Waals surface area contributed by atoms with E-state index in [1.54, 1.807) is 36.4 Å². The van der Waals surface area contributed by atoms with Gasteiger partial charge >= 0.3 is 0 Å². The minimum absolute atomic E-state index is 0.0149. The Morgan fingerprint density at radius 3 is 2.33 bits per heavy atom. The highest BCUT2D eigenvalue weighted by Gasteiger charge is 2.33. The van der Waals surface area contributed by atoms with E-state index in [1.807, 2.05) is 50.2 Å². The number of sulfonamides is 1. The summed E-state index contributed by atoms with van der Waals surface area (Å²) in [5.41, 5.74) is 2.66. The van der Waals surface area contributed by atoms with Gasteiger partial charge in [0.15, 0.2) is 0 Å². The lowest BCUT2D eigenvalue weighted by Gasteiger charge is -2.33. The van der Waals surface area contributed by atoms with Gasteiger partial charge in [-0.3, -0.25) is 13.9 Å². The van der Waals surface area contributed by atoms with Crippen LogP contribution >= 0.6 is 23.2 Å². The first-order valence-corrected chi connectivity index (χ1v) is 15.7. The van der Waals surface area contributed by atoms with Gasteiger partial charge in [0, 0.05) is 29.6 Å². The second kappa shape index (κ2) is 14.5. The molecule has 0 spiro atoms. The van der Waals surface area contributed by atoms with Gasteiger partial charge in [-0.2, -0.15) is 0 Å². The largest absolute Gasteiger partial charge is 0.354 e. The van der Waals surface area contributed by atoms with Crippen LogP contribution in [0.1, 0.15) is 36.5 Å². The van der Waals surface area contributed by atoms with Crippen molar-refractivity contribution >= 4 is 50.7 Å². The van der Waals surface area contributed by atoms with E-state index in [1.165, 1.54) is 4.90 Å². The second-order valence-electron chi connectivity index (χ2n) is 9.72. The zero-order valence-electron chi connectivity index (χ0n) is 22.9. The van der Waals surface area contributed by atoms with Crippen LogP contribution in [0.3, 0.4) is 0 Å². The van der Waals surface area contributed by atoms with Gasteiger partial charge in [0.25, 0.3) is 0 Å². The number of carbonyl (C=O) groups is 2. The molecule has 0 saturated heterocycles. The van der Waals surface area contributed by atoms with E-state index >= 15 is 0 Å². The molecule has 0 fully saturated rings. The molecule has 40 heavy (non-hydrogen) atoms. The van der Waals surface area contributed by atoms with E-state index in [0.717, 1.165) is 34.5 Å². The van der Waals surface area contributed by atoms with Crippen LogP contribution in [0.2, 0.25) is 10.0 Å². The van der Waals surface area contributed by atoms with Crippen molar-refractivity contribution < 1.29 is 18.0 Å². The fourth-order valence-electron chi connectivity index (χ4n) is 4.29. The number of anilines is 1. The number of rotatable bonds is 13. The van der Waals surface area contributed by atoms with Crippen molar-refractivity contribution in [2.24, 2.45) is 0 Å². The Kier molecular flexibility index (Phi) is 11.4. The number of nitrogens with zero attached hydrogens (tertiary/aromatic N) is 2. The summed E-state index contributed by atoms with van der Waals surface area (Å²) >= 11 is 12.6. The highest BCUT2D eigenvalue weighted by Crippen LogP contribution is 2.25. The Labute approximate surface area is 247 Å². The smallest absolute Gasteiger partial charge is 0.244 e. The van der Waals surface area contributed by atoms with Crippen molar-refractivity contribution in [1.29, 1.82) is 0 Å². The lowest BCUT2D eigenvalue weighted by molar-refractivity contribution is -0.140. The van der Waals surface area contributed by atoms with Gasteiger partial charge in [0.05, 0.1) is 11.9 Å². The predicted octanol–water partition coefficient (Wildman–Crippen LogP) is 5.62. The Bertz CT molecular complexity index is 1420. The maximum absolute atomic E-state index is 14.1. The summed E-state index contributed by atoms with van der Waals surface area (Å²) in [6, 6.07) is 20.3. The van der Waals surface area contributed by atoms with Crippen LogP contribution in [0.5, 0.6) is 0 Å². The highest BCUT2D eigenvalue weighted by atomic mass is 35.5. The van der Waals surface area contributed by atoms with Gasteiger partial charge in [0.1, 0.15) is 12.6 Å². The van der Waals surface area contributed by atoms with E-state index in [2.05, 4.69) is 5.32 Å². The summed E-state index contributed by atoms with van der Waals surface area (Å²) in [5, 5.41) is 3.73. The van der Waals surface area contributed by atoms with Gasteiger partial charge in [-0.25, -0.2) is 8.42 Å². The molecule has 7 nitrogen and oxygen atoms in total. The molecule has 0 radical (unpaired) electrons. The van der Waals surface area contributed by atoms with Crippen LogP contribution in [0, 0.1) is 6.92 Å². The van der Waals surface area contributed by atoms with Gasteiger partial charge in [-0.15, -0.1) is 0 Å². The van der Waals surface area contributed by atoms with Crippen LogP contribution in [-0.4, -0.2) is 50.5 Å². The second-order valence-corrected chi connectivity index (χ2v) is 12.5. The lowest BCUT2D eigenvalue weighted by atomic mass is 10.0. The molecule has 0 bridgehead atoms. The van der Waals surface area contributed by atoms with Crippen molar-refractivity contribution in [2.45, 2.75) is 45.7 Å². The Balaban J connectivity index is 2.06. The van der Waals surface area contributed by atoms with Gasteiger partial charge in [0.2, 0.25) is 21.8 Å². The third kappa shape index (κ3) is 8.98. The molecule has 214 valence electrons. The molecular formula is C30H35Cl2N3O4S. The topological polar surface area (TPSA) is 86.8 Å². The van der Waals surface area contributed by atoms with Crippen molar-refractivity contribution in [3.63, 3.8) is 0 Å². The number of amides is 2. The number of hydrogen-bond donors (Lipinski definition) is 1. The first-order chi connectivity index (χ1) is 19.0. The van der Waals surface area contributed by atoms with Crippen LogP contribution in [-0.2, 0) is 32.6 Å². The van der Waals surface area contributed by atoms with E-state index in [4.69, 9.17) is 23.2 Å². The lowest BCUT2D eigenvalue weighted by Crippen LogP contribution is -2.53. The number of hydrogen-bond acceptors (Lipinski definition) is 4. The zero-order valence-corrected chi connectivity index (χ0v) is 25.3. The summed E-state index contributed by atoms with van der Waals surface area (Å²) in [5.74, 6) is -0.860. The van der Waals surface area contributed by atoms with Crippen molar-refractivity contribution in [3.05, 3.63) is 99.5 Å². The molecule has 3 aromatic rings. The minimum atomic E-state index is -3.83. The molecule has 0 aliphatic heterocycles. The molecule has 1 atom stereocenters. The van der Waals surface area contributed by atoms with Crippen LogP contribution in [0.25, 0.3) is 0 Å². The van der Waals surface area contributed by atoms with Gasteiger partial charge < -0.3 is 10.2 Å². The van der Waals surface area contributed by atoms with Crippen molar-refractivity contribution in [3.8, 4) is 0 Å². The molecule has 10 heteroatoms. The van der Waals surface area contributed by atoms with Crippen LogP contribution in [0.4, 0.5) is 5.69 Å². The van der Waals surface area contributed by atoms with Crippen molar-refractivity contribution in [2.75, 3.05) is 23.7 Å². The number of halogens is 2. The summed E-state index contributed by atoms with van der Waals surface area (Å²) in [7, 11) is -3.83. The number of unbranched alkanes of at least 4 members (excludes halogenated alkanes) is 1. The van der Waals surface area contributed by atoms with Crippen LogP contribution < -0.4 is 9.62 Å². The van der Waals surface area contributed by atoms with Gasteiger partial charge in [-0.05, 0) is 54.3 Å². The fourth-order valence-corrected chi connectivity index (χ4v) is 5.60. The Hall–Kier alpha value is -3.07. The molecule has 3 aromatic carbocycles. The first-order valence-electron chi connectivity index (χ1n) is 13.1. The third-order valence-electron chi connectivity index (χ3n) is 6.43. The normalized spacial score (nSPS) is 12.0. The average molecular weight is 605 g/mol. The molecule has 0 heterocycles. The van der Waals surface area contributed by atoms with Gasteiger partial charge in [-0.1, -0.05) is 85.1 Å². The predicted molar refractivity (Wildman–Crippen MR) is 162 cm³/mol. The maximum Gasteiger partial charge on any atom is 0.244 e. The Morgan fingerprint density at radius 2 is 1.70 bits per heavy atom. The SMILES string of the molecule is CCCCNC(=O)[C@H](Cc1ccccc1)N(Cc1ccc(Cl)cc1Cl)C(=O)CN(c1cccc(C)c1)S(C)(=O)=O. The summed E-state index contributed by atoms with van der Waals surface area (Å²) in [4.78, 5) is 29.1. The quantitative estimate of drug-likeness (QED) is 0.257. The first kappa shape index (κ1) is 31.5. The molecule has 0 unspecified atom stereocenters. The summed E-state index contributed by atoms with van der Waals surface area (Å²) < 4.78 is 26.8. The zero-order chi connectivity index (χ0) is 29.3. The number of nitrogens with one attached hydrogen (secondary N) is 1. The average Bonchev–Trinajstić information content (AvgIpc) is 2.90. The minimum Gasteiger partial charge on any atom is -0.354 e. The number of carbonyl (C=O) groups excluding carboxylic acids is 2. The molecule has 3 rings (SSSR count). The molecule has 0 aromatic heterocycles. The maximum atomic E-state index is 14.1. The van der Waals surface area contributed by atoms with Crippen molar-refractivity contribution in [1.82, 2.24) is 10.2 Å². The van der Waals surface area contributed by atoms with E-state index < -0.39 is 28.5 Å². The summed E-state index contributed by atoms with van der Waals surface area (Å²) in [6.07, 6.45) is 2.98. The Morgan fingerprint density at radius 1 is 0.975 bits per heavy atom. The molecule has 2 amide bonds. The third-order valence-corrected chi connectivity index (χ3v) is 8.15. The molecule has 1 N–H and O–H groups in total. The fraction of sp³-hybridized carbons (Fsp3) is 0.333. The standard InChI is InChI=1S/C30H35Cl2N3O4S/c1-4-5-16-33-30(37)28(18-23-11-7-6-8-12-23)34(20-24-14-15-25(31)19-27(24)32)29(36)21-35(40(3,38)39)26-13-9-10-22(2)17-26/h6-15,17,19,28H,4-5,16,18,20-21H2,1-3H3,(H,33,37)/t28-/m0/s1. The summed E-state index contributed by atoms with van der Waals surface area (Å²) in [6.45, 7) is 3.83. The molecule has 0 aliphatic rings.